The molecular weight excluding hydrogens is 495 g/mol. The summed E-state index contributed by atoms with van der Waals surface area (Å²) in [7, 11) is 5.22. The van der Waals surface area contributed by atoms with Gasteiger partial charge in [-0.1, -0.05) is 18.2 Å². The molecule has 0 spiro atoms. The number of hydrogen-bond acceptors (Lipinski definition) is 5. The van der Waals surface area contributed by atoms with Crippen molar-refractivity contribution in [2.24, 2.45) is 4.99 Å². The summed E-state index contributed by atoms with van der Waals surface area (Å²) < 4.78 is 12.7. The second-order valence-electron chi connectivity index (χ2n) is 7.85. The number of guanidine groups is 1. The first-order valence-electron chi connectivity index (χ1n) is 10.2. The van der Waals surface area contributed by atoms with E-state index < -0.39 is 0 Å². The van der Waals surface area contributed by atoms with E-state index in [9.17, 15) is 0 Å². The Morgan fingerprint density at radius 3 is 2.80 bits per heavy atom. The Kier molecular flexibility index (Phi) is 7.56. The van der Waals surface area contributed by atoms with Crippen LogP contribution in [0.2, 0.25) is 0 Å². The molecule has 0 amide bonds. The van der Waals surface area contributed by atoms with Crippen LogP contribution in [0.5, 0.6) is 5.75 Å². The first-order valence-corrected chi connectivity index (χ1v) is 10.2. The highest BCUT2D eigenvalue weighted by Gasteiger charge is 2.46. The number of halogens is 1. The van der Waals surface area contributed by atoms with E-state index >= 15 is 0 Å². The van der Waals surface area contributed by atoms with E-state index in [1.807, 2.05) is 23.9 Å². The van der Waals surface area contributed by atoms with E-state index in [-0.39, 0.29) is 35.4 Å². The van der Waals surface area contributed by atoms with E-state index in [2.05, 4.69) is 37.8 Å². The lowest BCUT2D eigenvalue weighted by atomic mass is 9.95. The van der Waals surface area contributed by atoms with Crippen LogP contribution in [0.4, 0.5) is 0 Å². The Bertz CT molecular complexity index is 880. The van der Waals surface area contributed by atoms with Crippen LogP contribution >= 0.6 is 24.0 Å². The van der Waals surface area contributed by atoms with E-state index in [1.165, 1.54) is 5.56 Å². The maximum atomic E-state index is 5.58. The normalized spacial score (nSPS) is 19.4. The molecule has 2 heterocycles. The number of aromatic nitrogens is 3. The summed E-state index contributed by atoms with van der Waals surface area (Å²) in [6, 6.07) is 8.59. The zero-order chi connectivity index (χ0) is 20.3. The summed E-state index contributed by atoms with van der Waals surface area (Å²) in [4.78, 5) is 8.98. The Morgan fingerprint density at radius 1 is 1.30 bits per heavy atom. The number of nitrogens with one attached hydrogen (secondary N) is 2. The minimum Gasteiger partial charge on any atom is -0.496 e. The second kappa shape index (κ2) is 9.95. The number of nitrogens with zero attached hydrogens (tertiary/aromatic N) is 4. The van der Waals surface area contributed by atoms with Crippen molar-refractivity contribution < 1.29 is 9.47 Å². The van der Waals surface area contributed by atoms with E-state index in [0.717, 1.165) is 62.1 Å². The number of rotatable bonds is 7. The van der Waals surface area contributed by atoms with Gasteiger partial charge in [-0.2, -0.15) is 5.10 Å². The van der Waals surface area contributed by atoms with Crippen molar-refractivity contribution in [2.45, 2.75) is 50.3 Å². The Hall–Kier alpha value is -1.88. The SMILES string of the molecule is CN=C(NCC1(c2ccccc2OC)CC1)NC1CCc2nc(COC)nn2C1.I. The molecule has 30 heavy (non-hydrogen) atoms. The van der Waals surface area contributed by atoms with Gasteiger partial charge in [0, 0.05) is 44.1 Å². The summed E-state index contributed by atoms with van der Waals surface area (Å²) in [5, 5.41) is 11.6. The predicted octanol–water partition coefficient (Wildman–Crippen LogP) is 2.26. The van der Waals surface area contributed by atoms with Gasteiger partial charge in [-0.05, 0) is 25.3 Å². The van der Waals surface area contributed by atoms with Crippen LogP contribution in [-0.4, -0.2) is 54.6 Å². The molecule has 8 nitrogen and oxygen atoms in total. The summed E-state index contributed by atoms with van der Waals surface area (Å²) >= 11 is 0. The molecule has 4 rings (SSSR count). The minimum atomic E-state index is 0. The van der Waals surface area contributed by atoms with Crippen LogP contribution in [0.25, 0.3) is 0 Å². The quantitative estimate of drug-likeness (QED) is 0.327. The Balaban J connectivity index is 0.00000256. The fourth-order valence-corrected chi connectivity index (χ4v) is 4.08. The van der Waals surface area contributed by atoms with Crippen LogP contribution in [0.15, 0.2) is 29.3 Å². The lowest BCUT2D eigenvalue weighted by molar-refractivity contribution is 0.177. The van der Waals surface area contributed by atoms with Gasteiger partial charge in [-0.15, -0.1) is 24.0 Å². The van der Waals surface area contributed by atoms with E-state index in [0.29, 0.717) is 6.61 Å². The van der Waals surface area contributed by atoms with Gasteiger partial charge in [0.25, 0.3) is 0 Å². The summed E-state index contributed by atoms with van der Waals surface area (Å²) in [5.74, 6) is 3.58. The van der Waals surface area contributed by atoms with Gasteiger partial charge in [0.15, 0.2) is 11.8 Å². The van der Waals surface area contributed by atoms with Gasteiger partial charge in [-0.25, -0.2) is 9.67 Å². The van der Waals surface area contributed by atoms with Crippen molar-refractivity contribution in [3.8, 4) is 5.75 Å². The molecule has 1 aliphatic heterocycles. The van der Waals surface area contributed by atoms with Crippen LogP contribution in [0.1, 0.15) is 36.5 Å². The molecule has 164 valence electrons. The number of benzene rings is 1. The van der Waals surface area contributed by atoms with Gasteiger partial charge < -0.3 is 20.1 Å². The van der Waals surface area contributed by atoms with Crippen LogP contribution in [0, 0.1) is 0 Å². The third-order valence-electron chi connectivity index (χ3n) is 5.87. The van der Waals surface area contributed by atoms with Crippen molar-refractivity contribution in [2.75, 3.05) is 27.8 Å². The molecule has 1 aliphatic carbocycles. The number of fused-ring (bicyclic) bond motifs is 1. The number of aliphatic imine (C=N–C) groups is 1. The smallest absolute Gasteiger partial charge is 0.191 e. The van der Waals surface area contributed by atoms with E-state index in [1.54, 1.807) is 14.2 Å². The monoisotopic (exact) mass is 526 g/mol. The molecule has 1 atom stereocenters. The highest BCUT2D eigenvalue weighted by atomic mass is 127. The number of hydrogen-bond donors (Lipinski definition) is 2. The number of methoxy groups -OCH3 is 2. The van der Waals surface area contributed by atoms with Crippen molar-refractivity contribution in [3.63, 3.8) is 0 Å². The Labute approximate surface area is 194 Å². The largest absolute Gasteiger partial charge is 0.496 e. The zero-order valence-corrected chi connectivity index (χ0v) is 20.2. The highest BCUT2D eigenvalue weighted by molar-refractivity contribution is 14.0. The van der Waals surface area contributed by atoms with Gasteiger partial charge in [0.2, 0.25) is 0 Å². The highest BCUT2D eigenvalue weighted by Crippen LogP contribution is 2.50. The lowest BCUT2D eigenvalue weighted by Crippen LogP contribution is -2.48. The molecule has 1 aromatic carbocycles. The van der Waals surface area contributed by atoms with Gasteiger partial charge in [-0.3, -0.25) is 4.99 Å². The molecule has 0 bridgehead atoms. The molecule has 1 unspecified atom stereocenters. The summed E-state index contributed by atoms with van der Waals surface area (Å²) in [5.41, 5.74) is 1.41. The molecule has 0 saturated heterocycles. The molecule has 2 N–H and O–H groups in total. The molecule has 9 heteroatoms. The van der Waals surface area contributed by atoms with E-state index in [4.69, 9.17) is 9.47 Å². The zero-order valence-electron chi connectivity index (χ0n) is 17.9. The van der Waals surface area contributed by atoms with Gasteiger partial charge >= 0.3 is 0 Å². The fourth-order valence-electron chi connectivity index (χ4n) is 4.08. The fraction of sp³-hybridized carbons (Fsp3) is 0.571. The minimum absolute atomic E-state index is 0. The van der Waals surface area contributed by atoms with Crippen LogP contribution in [-0.2, 0) is 29.7 Å². The van der Waals surface area contributed by atoms with Crippen molar-refractivity contribution in [1.82, 2.24) is 25.4 Å². The maximum Gasteiger partial charge on any atom is 0.191 e. The Morgan fingerprint density at radius 2 is 2.10 bits per heavy atom. The molecule has 2 aliphatic rings. The number of aryl methyl sites for hydroxylation is 1. The van der Waals surface area contributed by atoms with Gasteiger partial charge in [0.05, 0.1) is 13.7 Å². The molecule has 1 aromatic heterocycles. The molecule has 2 aromatic rings. The average molecular weight is 526 g/mol. The number of para-hydroxylation sites is 1. The molecule has 1 fully saturated rings. The second-order valence-corrected chi connectivity index (χ2v) is 7.85. The molecular formula is C21H31IN6O2. The van der Waals surface area contributed by atoms with Crippen molar-refractivity contribution in [3.05, 3.63) is 41.5 Å². The number of ether oxygens (including phenoxy) is 2. The first-order chi connectivity index (χ1) is 14.2. The standard InChI is InChI=1S/C21H30N6O2.HI/c1-22-20(23-14-21(10-11-21)16-6-4-5-7-17(16)29-3)24-15-8-9-19-25-18(13-28-2)26-27(19)12-15;/h4-7,15H,8-14H2,1-3H3,(H2,22,23,24);1H. The topological polar surface area (TPSA) is 85.6 Å². The summed E-state index contributed by atoms with van der Waals surface area (Å²) in [6.07, 6.45) is 4.22. The first kappa shape index (κ1) is 22.8. The lowest BCUT2D eigenvalue weighted by Gasteiger charge is -2.26. The molecule has 0 radical (unpaired) electrons. The predicted molar refractivity (Wildman–Crippen MR) is 127 cm³/mol. The maximum absolute atomic E-state index is 5.58. The third kappa shape index (κ3) is 4.88. The summed E-state index contributed by atoms with van der Waals surface area (Å²) in [6.45, 7) is 2.07. The van der Waals surface area contributed by atoms with Crippen LogP contribution in [0.3, 0.4) is 0 Å². The average Bonchev–Trinajstić information content (AvgIpc) is 3.43. The van der Waals surface area contributed by atoms with Crippen molar-refractivity contribution >= 4 is 29.9 Å². The van der Waals surface area contributed by atoms with Crippen LogP contribution < -0.4 is 15.4 Å². The van der Waals surface area contributed by atoms with Gasteiger partial charge in [0.1, 0.15) is 18.2 Å². The van der Waals surface area contributed by atoms with Crippen molar-refractivity contribution in [1.29, 1.82) is 0 Å². The molecule has 1 saturated carbocycles. The third-order valence-corrected chi connectivity index (χ3v) is 5.87.